The molecular weight excluding hydrogens is 290 g/mol. The van der Waals surface area contributed by atoms with Crippen LogP contribution in [0.25, 0.3) is 0 Å². The van der Waals surface area contributed by atoms with Gasteiger partial charge in [-0.15, -0.1) is 12.4 Å². The van der Waals surface area contributed by atoms with Gasteiger partial charge in [0.1, 0.15) is 5.75 Å². The van der Waals surface area contributed by atoms with Crippen LogP contribution in [0.15, 0.2) is 24.3 Å². The first-order chi connectivity index (χ1) is 9.79. The van der Waals surface area contributed by atoms with Gasteiger partial charge in [0.2, 0.25) is 0 Å². The van der Waals surface area contributed by atoms with Gasteiger partial charge in [-0.3, -0.25) is 0 Å². The summed E-state index contributed by atoms with van der Waals surface area (Å²) in [6, 6.07) is 7.71. The van der Waals surface area contributed by atoms with Crippen molar-refractivity contribution in [3.05, 3.63) is 29.8 Å². The maximum absolute atomic E-state index is 11.5. The summed E-state index contributed by atoms with van der Waals surface area (Å²) < 4.78 is 10.7. The van der Waals surface area contributed by atoms with Crippen molar-refractivity contribution in [2.75, 3.05) is 19.8 Å². The number of carbonyl (C=O) groups is 1. The number of benzene rings is 1. The molecule has 21 heavy (non-hydrogen) atoms. The third kappa shape index (κ3) is 5.94. The third-order valence-corrected chi connectivity index (χ3v) is 3.51. The molecule has 0 aromatic heterocycles. The summed E-state index contributed by atoms with van der Waals surface area (Å²) in [5, 5.41) is 3.50. The van der Waals surface area contributed by atoms with Gasteiger partial charge in [-0.25, -0.2) is 4.79 Å². The molecule has 1 atom stereocenters. The molecule has 4 nitrogen and oxygen atoms in total. The molecule has 1 N–H and O–H groups in total. The molecule has 1 saturated heterocycles. The monoisotopic (exact) mass is 313 g/mol. The molecule has 0 amide bonds. The van der Waals surface area contributed by atoms with E-state index in [4.69, 9.17) is 9.47 Å². The van der Waals surface area contributed by atoms with Crippen LogP contribution in [-0.2, 0) is 4.74 Å². The van der Waals surface area contributed by atoms with Gasteiger partial charge in [-0.05, 0) is 57.0 Å². The average Bonchev–Trinajstić information content (AvgIpc) is 2.49. The smallest absolute Gasteiger partial charge is 0.338 e. The van der Waals surface area contributed by atoms with Crippen molar-refractivity contribution in [1.82, 2.24) is 5.32 Å². The van der Waals surface area contributed by atoms with Crippen LogP contribution in [-0.4, -0.2) is 31.8 Å². The second-order valence-corrected chi connectivity index (χ2v) is 5.03. The molecule has 0 saturated carbocycles. The van der Waals surface area contributed by atoms with Crippen LogP contribution in [0.2, 0.25) is 0 Å². The van der Waals surface area contributed by atoms with Crippen molar-refractivity contribution in [3.63, 3.8) is 0 Å². The number of halogens is 1. The highest BCUT2D eigenvalue weighted by atomic mass is 35.5. The van der Waals surface area contributed by atoms with Gasteiger partial charge in [0, 0.05) is 6.04 Å². The minimum Gasteiger partial charge on any atom is -0.494 e. The highest BCUT2D eigenvalue weighted by Crippen LogP contribution is 2.15. The predicted octanol–water partition coefficient (Wildman–Crippen LogP) is 3.20. The first kappa shape index (κ1) is 17.8. The summed E-state index contributed by atoms with van der Waals surface area (Å²) in [5.41, 5.74) is 0.563. The van der Waals surface area contributed by atoms with E-state index < -0.39 is 0 Å². The molecule has 1 aromatic carbocycles. The lowest BCUT2D eigenvalue weighted by Crippen LogP contribution is -2.35. The van der Waals surface area contributed by atoms with Crippen LogP contribution in [0, 0.1) is 0 Å². The number of rotatable bonds is 6. The first-order valence-electron chi connectivity index (χ1n) is 7.43. The fourth-order valence-corrected chi connectivity index (χ4v) is 2.39. The fraction of sp³-hybridized carbons (Fsp3) is 0.562. The van der Waals surface area contributed by atoms with Crippen molar-refractivity contribution in [3.8, 4) is 5.75 Å². The highest BCUT2D eigenvalue weighted by molar-refractivity contribution is 5.89. The number of ether oxygens (including phenoxy) is 2. The van der Waals surface area contributed by atoms with E-state index in [2.05, 4.69) is 5.32 Å². The standard InChI is InChI=1S/C16H23NO3.ClH/c1-2-19-16(18)13-6-8-15(9-7-13)20-12-10-14-5-3-4-11-17-14;/h6-9,14,17H,2-5,10-12H2,1H3;1H. The number of piperidine rings is 1. The van der Waals surface area contributed by atoms with Crippen LogP contribution in [0.5, 0.6) is 5.75 Å². The normalized spacial score (nSPS) is 17.7. The first-order valence-corrected chi connectivity index (χ1v) is 7.43. The Morgan fingerprint density at radius 1 is 1.29 bits per heavy atom. The van der Waals surface area contributed by atoms with E-state index in [-0.39, 0.29) is 18.4 Å². The highest BCUT2D eigenvalue weighted by Gasteiger charge is 2.12. The molecule has 1 unspecified atom stereocenters. The molecule has 0 radical (unpaired) electrons. The summed E-state index contributed by atoms with van der Waals surface area (Å²) in [5.74, 6) is 0.513. The number of esters is 1. The van der Waals surface area contributed by atoms with E-state index in [1.807, 2.05) is 12.1 Å². The minimum absolute atomic E-state index is 0. The molecule has 0 aliphatic carbocycles. The Hall–Kier alpha value is -1.26. The van der Waals surface area contributed by atoms with Crippen LogP contribution in [0.1, 0.15) is 43.0 Å². The molecule has 1 fully saturated rings. The maximum atomic E-state index is 11.5. The predicted molar refractivity (Wildman–Crippen MR) is 85.4 cm³/mol. The Labute approximate surface area is 132 Å². The average molecular weight is 314 g/mol. The van der Waals surface area contributed by atoms with Gasteiger partial charge in [0.05, 0.1) is 18.8 Å². The lowest BCUT2D eigenvalue weighted by Gasteiger charge is -2.23. The quantitative estimate of drug-likeness (QED) is 0.819. The number of hydrogen-bond acceptors (Lipinski definition) is 4. The molecule has 1 aliphatic heterocycles. The van der Waals surface area contributed by atoms with E-state index in [1.54, 1.807) is 19.1 Å². The number of nitrogens with one attached hydrogen (secondary N) is 1. The van der Waals surface area contributed by atoms with Crippen LogP contribution in [0.3, 0.4) is 0 Å². The Balaban J connectivity index is 0.00000220. The van der Waals surface area contributed by atoms with E-state index in [0.717, 1.165) is 18.7 Å². The minimum atomic E-state index is -0.287. The number of carbonyl (C=O) groups excluding carboxylic acids is 1. The molecule has 0 bridgehead atoms. The molecule has 1 aliphatic rings. The fourth-order valence-electron chi connectivity index (χ4n) is 2.39. The van der Waals surface area contributed by atoms with Gasteiger partial charge < -0.3 is 14.8 Å². The van der Waals surface area contributed by atoms with Gasteiger partial charge in [-0.1, -0.05) is 6.42 Å². The second kappa shape index (κ2) is 9.64. The van der Waals surface area contributed by atoms with Crippen LogP contribution < -0.4 is 10.1 Å². The molecule has 5 heteroatoms. The molecule has 2 rings (SSSR count). The van der Waals surface area contributed by atoms with Crippen LogP contribution in [0.4, 0.5) is 0 Å². The number of hydrogen-bond donors (Lipinski definition) is 1. The molecular formula is C16H24ClNO3. The lowest BCUT2D eigenvalue weighted by molar-refractivity contribution is 0.0526. The van der Waals surface area contributed by atoms with Gasteiger partial charge in [0.25, 0.3) is 0 Å². The largest absolute Gasteiger partial charge is 0.494 e. The Bertz CT molecular complexity index is 416. The van der Waals surface area contributed by atoms with Crippen molar-refractivity contribution >= 4 is 18.4 Å². The topological polar surface area (TPSA) is 47.6 Å². The second-order valence-electron chi connectivity index (χ2n) is 5.03. The van der Waals surface area contributed by atoms with Gasteiger partial charge in [-0.2, -0.15) is 0 Å². The van der Waals surface area contributed by atoms with Crippen LogP contribution >= 0.6 is 12.4 Å². The summed E-state index contributed by atoms with van der Waals surface area (Å²) in [6.45, 7) is 4.02. The van der Waals surface area contributed by atoms with Crippen molar-refractivity contribution in [2.45, 2.75) is 38.6 Å². The Morgan fingerprint density at radius 3 is 2.67 bits per heavy atom. The zero-order valence-electron chi connectivity index (χ0n) is 12.5. The van der Waals surface area contributed by atoms with Crippen molar-refractivity contribution < 1.29 is 14.3 Å². The molecule has 0 spiro atoms. The van der Waals surface area contributed by atoms with Gasteiger partial charge >= 0.3 is 5.97 Å². The zero-order valence-corrected chi connectivity index (χ0v) is 13.3. The van der Waals surface area contributed by atoms with E-state index in [9.17, 15) is 4.79 Å². The van der Waals surface area contributed by atoms with E-state index >= 15 is 0 Å². The summed E-state index contributed by atoms with van der Waals surface area (Å²) in [4.78, 5) is 11.5. The third-order valence-electron chi connectivity index (χ3n) is 3.51. The van der Waals surface area contributed by atoms with Gasteiger partial charge in [0.15, 0.2) is 0 Å². The Morgan fingerprint density at radius 2 is 2.05 bits per heavy atom. The molecule has 1 aromatic rings. The summed E-state index contributed by atoms with van der Waals surface area (Å²) in [7, 11) is 0. The maximum Gasteiger partial charge on any atom is 0.338 e. The van der Waals surface area contributed by atoms with E-state index in [1.165, 1.54) is 19.3 Å². The lowest BCUT2D eigenvalue weighted by atomic mass is 10.0. The zero-order chi connectivity index (χ0) is 14.2. The van der Waals surface area contributed by atoms with Crippen molar-refractivity contribution in [2.24, 2.45) is 0 Å². The summed E-state index contributed by atoms with van der Waals surface area (Å²) >= 11 is 0. The molecule has 1 heterocycles. The van der Waals surface area contributed by atoms with E-state index in [0.29, 0.717) is 24.8 Å². The van der Waals surface area contributed by atoms with Crippen molar-refractivity contribution in [1.29, 1.82) is 0 Å². The SMILES string of the molecule is CCOC(=O)c1ccc(OCCC2CCCCN2)cc1.Cl. The Kier molecular flexibility index (Phi) is 8.16. The summed E-state index contributed by atoms with van der Waals surface area (Å²) in [6.07, 6.45) is 4.86. The molecule has 118 valence electrons.